The first-order chi connectivity index (χ1) is 18.0. The van der Waals surface area contributed by atoms with Crippen molar-refractivity contribution in [1.82, 2.24) is 9.38 Å². The molecule has 2 aromatic heterocycles. The minimum Gasteiger partial charge on any atom is -0.481 e. The number of aryl methyl sites for hydroxylation is 1. The van der Waals surface area contributed by atoms with Crippen molar-refractivity contribution in [3.63, 3.8) is 0 Å². The second-order valence-corrected chi connectivity index (χ2v) is 9.15. The highest BCUT2D eigenvalue weighted by atomic mass is 16.7. The fourth-order valence-corrected chi connectivity index (χ4v) is 4.86. The molecule has 0 spiro atoms. The fraction of sp³-hybridized carbons (Fsp3) is 0.520. The number of pyridine rings is 1. The topological polar surface area (TPSA) is 191 Å². The number of carbonyl (C=O) groups excluding carboxylic acids is 1. The van der Waals surface area contributed by atoms with Gasteiger partial charge in [-0.3, -0.25) is 28.4 Å². The number of nitrogens with zero attached hydrogens (tertiary/aromatic N) is 2. The third kappa shape index (κ3) is 6.85. The summed E-state index contributed by atoms with van der Waals surface area (Å²) in [6, 6.07) is 3.04. The quantitative estimate of drug-likeness (QED) is 0.334. The maximum absolute atomic E-state index is 12.9. The first kappa shape index (κ1) is 28.6. The highest BCUT2D eigenvalue weighted by molar-refractivity contribution is 5.70. The van der Waals surface area contributed by atoms with Crippen LogP contribution in [0.15, 0.2) is 29.3 Å². The fourth-order valence-electron chi connectivity index (χ4n) is 4.86. The highest BCUT2D eigenvalue weighted by Gasteiger charge is 2.49. The van der Waals surface area contributed by atoms with Crippen LogP contribution >= 0.6 is 0 Å². The first-order valence-corrected chi connectivity index (χ1v) is 12.1. The van der Waals surface area contributed by atoms with Crippen LogP contribution in [0.25, 0.3) is 5.65 Å². The van der Waals surface area contributed by atoms with Gasteiger partial charge in [-0.05, 0) is 24.5 Å². The van der Waals surface area contributed by atoms with E-state index in [-0.39, 0.29) is 17.0 Å². The summed E-state index contributed by atoms with van der Waals surface area (Å²) in [6.45, 7) is 2.68. The van der Waals surface area contributed by atoms with Crippen molar-refractivity contribution in [2.45, 2.75) is 58.3 Å². The van der Waals surface area contributed by atoms with Gasteiger partial charge in [0, 0.05) is 43.1 Å². The minimum absolute atomic E-state index is 0.0741. The molecule has 0 saturated carbocycles. The molecule has 0 aliphatic carbocycles. The lowest BCUT2D eigenvalue weighted by Crippen LogP contribution is -2.53. The Kier molecular flexibility index (Phi) is 9.40. The summed E-state index contributed by atoms with van der Waals surface area (Å²) < 4.78 is 18.4. The largest absolute Gasteiger partial charge is 0.481 e. The molecule has 0 bridgehead atoms. The van der Waals surface area contributed by atoms with E-state index in [1.807, 2.05) is 6.92 Å². The maximum atomic E-state index is 12.9. The van der Waals surface area contributed by atoms with Crippen LogP contribution < -0.4 is 10.3 Å². The molecule has 0 aromatic carbocycles. The zero-order valence-electron chi connectivity index (χ0n) is 20.9. The molecule has 13 heteroatoms. The monoisotopic (exact) mass is 534 g/mol. The van der Waals surface area contributed by atoms with Gasteiger partial charge in [-0.1, -0.05) is 13.3 Å². The molecule has 3 N–H and O–H groups in total. The van der Waals surface area contributed by atoms with E-state index in [4.69, 9.17) is 14.2 Å². The molecule has 1 aliphatic heterocycles. The molecule has 38 heavy (non-hydrogen) atoms. The number of aromatic nitrogens is 2. The molecule has 3 rings (SSSR count). The van der Waals surface area contributed by atoms with Crippen LogP contribution in [0.3, 0.4) is 0 Å². The molecule has 1 saturated heterocycles. The van der Waals surface area contributed by atoms with Gasteiger partial charge in [0.1, 0.15) is 6.61 Å². The van der Waals surface area contributed by atoms with Gasteiger partial charge in [0.2, 0.25) is 6.29 Å². The Morgan fingerprint density at radius 1 is 1.03 bits per heavy atom. The van der Waals surface area contributed by atoms with Crippen LogP contribution in [0.1, 0.15) is 45.1 Å². The van der Waals surface area contributed by atoms with Crippen LogP contribution in [0.4, 0.5) is 0 Å². The van der Waals surface area contributed by atoms with E-state index >= 15 is 0 Å². The number of carboxylic acids is 3. The lowest BCUT2D eigenvalue weighted by Gasteiger charge is -2.45. The van der Waals surface area contributed by atoms with E-state index in [2.05, 4.69) is 4.98 Å². The number of hydrogen-bond acceptors (Lipinski definition) is 9. The summed E-state index contributed by atoms with van der Waals surface area (Å²) >= 11 is 0. The Hall–Kier alpha value is -4.00. The summed E-state index contributed by atoms with van der Waals surface area (Å²) in [5.41, 5.74) is 0.334. The van der Waals surface area contributed by atoms with Crippen LogP contribution in [0.2, 0.25) is 0 Å². The molecule has 5 atom stereocenters. The molecular weight excluding hydrogens is 504 g/mol. The second kappa shape index (κ2) is 12.5. The molecule has 2 aromatic rings. The number of rotatable bonds is 12. The molecule has 13 nitrogen and oxygen atoms in total. The van der Waals surface area contributed by atoms with Crippen LogP contribution in [0, 0.1) is 17.8 Å². The zero-order valence-corrected chi connectivity index (χ0v) is 20.9. The third-order valence-electron chi connectivity index (χ3n) is 6.45. The normalized spacial score (nSPS) is 23.1. The van der Waals surface area contributed by atoms with Crippen molar-refractivity contribution < 1.29 is 48.7 Å². The number of carbonyl (C=O) groups is 4. The predicted octanol–water partition coefficient (Wildman–Crippen LogP) is 1.59. The molecular formula is C25H30N2O11. The van der Waals surface area contributed by atoms with Crippen molar-refractivity contribution >= 4 is 29.5 Å². The van der Waals surface area contributed by atoms with Crippen LogP contribution in [-0.4, -0.2) is 67.6 Å². The average molecular weight is 535 g/mol. The maximum Gasteiger partial charge on any atom is 0.303 e. The molecule has 0 unspecified atom stereocenters. The predicted molar refractivity (Wildman–Crippen MR) is 129 cm³/mol. The van der Waals surface area contributed by atoms with Crippen molar-refractivity contribution in [2.75, 3.05) is 6.61 Å². The van der Waals surface area contributed by atoms with Crippen LogP contribution in [-0.2, 0) is 35.1 Å². The number of ether oxygens (including phenoxy) is 3. The molecule has 3 heterocycles. The lowest BCUT2D eigenvalue weighted by atomic mass is 9.71. The SMILES string of the molecule is CCCc1cnc2c(O[C@@H]3O[C@@H](COC(C)=O)[C@H](CC(=O)O)[C@H](CC(=O)O)[C@H]3CC(=O)O)cccn2c1=O. The van der Waals surface area contributed by atoms with E-state index in [0.717, 1.165) is 13.3 Å². The van der Waals surface area contributed by atoms with Gasteiger partial charge in [-0.15, -0.1) is 0 Å². The summed E-state index contributed by atoms with van der Waals surface area (Å²) in [5.74, 6) is -7.48. The van der Waals surface area contributed by atoms with Gasteiger partial charge in [-0.25, -0.2) is 4.98 Å². The summed E-state index contributed by atoms with van der Waals surface area (Å²) in [5, 5.41) is 28.7. The summed E-state index contributed by atoms with van der Waals surface area (Å²) in [4.78, 5) is 63.9. The van der Waals surface area contributed by atoms with Crippen molar-refractivity contribution in [3.8, 4) is 5.75 Å². The smallest absolute Gasteiger partial charge is 0.303 e. The Bertz CT molecular complexity index is 1260. The first-order valence-electron chi connectivity index (χ1n) is 12.1. The number of esters is 1. The lowest BCUT2D eigenvalue weighted by molar-refractivity contribution is -0.236. The number of aliphatic carboxylic acids is 3. The van der Waals surface area contributed by atoms with E-state index in [9.17, 15) is 39.3 Å². The van der Waals surface area contributed by atoms with Gasteiger partial charge in [0.25, 0.3) is 5.56 Å². The Morgan fingerprint density at radius 2 is 1.66 bits per heavy atom. The minimum atomic E-state index is -1.38. The summed E-state index contributed by atoms with van der Waals surface area (Å²) in [7, 11) is 0. The molecule has 0 radical (unpaired) electrons. The zero-order chi connectivity index (χ0) is 28.0. The molecule has 1 aliphatic rings. The number of hydrogen-bond donors (Lipinski definition) is 3. The highest BCUT2D eigenvalue weighted by Crippen LogP contribution is 2.42. The van der Waals surface area contributed by atoms with Crippen molar-refractivity contribution in [2.24, 2.45) is 17.8 Å². The van der Waals surface area contributed by atoms with E-state index in [1.165, 1.54) is 28.9 Å². The van der Waals surface area contributed by atoms with Gasteiger partial charge in [0.15, 0.2) is 11.4 Å². The Labute approximate surface area is 217 Å². The van der Waals surface area contributed by atoms with Crippen molar-refractivity contribution in [1.29, 1.82) is 0 Å². The van der Waals surface area contributed by atoms with Gasteiger partial charge in [0.05, 0.1) is 18.9 Å². The van der Waals surface area contributed by atoms with E-state index in [0.29, 0.717) is 12.0 Å². The van der Waals surface area contributed by atoms with Crippen LogP contribution in [0.5, 0.6) is 5.75 Å². The molecule has 1 fully saturated rings. The summed E-state index contributed by atoms with van der Waals surface area (Å²) in [6.07, 6.45) is 0.0240. The molecule has 206 valence electrons. The average Bonchev–Trinajstić information content (AvgIpc) is 2.83. The third-order valence-corrected chi connectivity index (χ3v) is 6.45. The van der Waals surface area contributed by atoms with E-state index < -0.39 is 79.9 Å². The number of fused-ring (bicyclic) bond motifs is 1. The van der Waals surface area contributed by atoms with Gasteiger partial charge < -0.3 is 29.5 Å². The van der Waals surface area contributed by atoms with Gasteiger partial charge in [-0.2, -0.15) is 0 Å². The van der Waals surface area contributed by atoms with E-state index in [1.54, 1.807) is 0 Å². The Morgan fingerprint density at radius 3 is 2.26 bits per heavy atom. The number of carboxylic acid groups (broad SMARTS) is 3. The van der Waals surface area contributed by atoms with Gasteiger partial charge >= 0.3 is 23.9 Å². The standard InChI is InChI=1S/C25H30N2O11/c1-3-5-14-11-26-23-18(6-4-7-27(23)24(14)35)37-25-17(10-22(33)34)15(8-20(29)30)16(9-21(31)32)19(38-25)12-36-13(2)28/h4,6-7,11,15-17,19,25H,3,5,8-10,12H2,1-2H3,(H,29,30)(H,31,32)(H,33,34)/t15-,16+,17+,19-,25+/m0/s1. The second-order valence-electron chi connectivity index (χ2n) is 9.15. The Balaban J connectivity index is 2.07. The molecule has 0 amide bonds. The van der Waals surface area contributed by atoms with Crippen molar-refractivity contribution in [3.05, 3.63) is 40.4 Å².